The molecule has 1 spiro atoms. The Morgan fingerprint density at radius 3 is 2.61 bits per heavy atom. The topological polar surface area (TPSA) is 52.7 Å². The summed E-state index contributed by atoms with van der Waals surface area (Å²) in [6, 6.07) is 7.76. The molecule has 3 rings (SSSR count). The van der Waals surface area contributed by atoms with Crippen molar-refractivity contribution >= 4 is 29.4 Å². The van der Waals surface area contributed by atoms with Crippen LogP contribution in [-0.4, -0.2) is 41.2 Å². The van der Waals surface area contributed by atoms with E-state index in [-0.39, 0.29) is 24.0 Å². The van der Waals surface area contributed by atoms with Crippen LogP contribution >= 0.6 is 11.8 Å². The molecule has 0 radical (unpaired) electrons. The van der Waals surface area contributed by atoms with Crippen molar-refractivity contribution in [2.75, 3.05) is 17.2 Å². The maximum absolute atomic E-state index is 13.3. The number of anilines is 1. The third-order valence-electron chi connectivity index (χ3n) is 4.22. The number of benzene rings is 1. The second kappa shape index (κ2) is 5.74. The van der Waals surface area contributed by atoms with Gasteiger partial charge in [-0.15, -0.1) is 11.8 Å². The number of urea groups is 1. The van der Waals surface area contributed by atoms with E-state index >= 15 is 0 Å². The van der Waals surface area contributed by atoms with E-state index in [2.05, 4.69) is 5.32 Å². The Kier molecular flexibility index (Phi) is 4.04. The molecule has 1 aromatic carbocycles. The van der Waals surface area contributed by atoms with E-state index in [1.807, 2.05) is 56.9 Å². The smallest absolute Gasteiger partial charge is 0.319 e. The first-order valence-electron chi connectivity index (χ1n) is 8.05. The number of fused-ring (bicyclic) bond motifs is 2. The largest absolute Gasteiger partial charge is 0.336 e. The Bertz CT molecular complexity index is 646. The number of hydrogen-bond donors (Lipinski definition) is 1. The van der Waals surface area contributed by atoms with Crippen molar-refractivity contribution in [3.8, 4) is 0 Å². The van der Waals surface area contributed by atoms with Gasteiger partial charge in [0.1, 0.15) is 0 Å². The molecule has 0 aliphatic carbocycles. The zero-order valence-corrected chi connectivity index (χ0v) is 14.8. The van der Waals surface area contributed by atoms with Crippen LogP contribution in [0.3, 0.4) is 0 Å². The molecule has 124 valence electrons. The van der Waals surface area contributed by atoms with E-state index in [1.165, 1.54) is 0 Å². The van der Waals surface area contributed by atoms with Crippen molar-refractivity contribution in [1.82, 2.24) is 10.2 Å². The Hall–Kier alpha value is -1.69. The van der Waals surface area contributed by atoms with Crippen LogP contribution in [0.1, 0.15) is 33.3 Å². The molecule has 6 heteroatoms. The highest BCUT2D eigenvalue weighted by Crippen LogP contribution is 2.54. The molecule has 2 aliphatic heterocycles. The molecule has 1 N–H and O–H groups in total. The number of thioether (sulfide) groups is 1. The van der Waals surface area contributed by atoms with E-state index in [0.717, 1.165) is 17.0 Å². The quantitative estimate of drug-likeness (QED) is 0.905. The molecule has 1 fully saturated rings. The minimum Gasteiger partial charge on any atom is -0.336 e. The Balaban J connectivity index is 2.10. The lowest BCUT2D eigenvalue weighted by atomic mass is 10.1. The number of para-hydroxylation sites is 1. The predicted molar refractivity (Wildman–Crippen MR) is 93.6 cm³/mol. The average molecular weight is 333 g/mol. The van der Waals surface area contributed by atoms with Crippen LogP contribution in [0.4, 0.5) is 10.5 Å². The first kappa shape index (κ1) is 16.2. The Morgan fingerprint density at radius 2 is 1.96 bits per heavy atom. The highest BCUT2D eigenvalue weighted by Gasteiger charge is 2.59. The molecule has 0 saturated carbocycles. The van der Waals surface area contributed by atoms with Crippen molar-refractivity contribution < 1.29 is 9.59 Å². The number of nitrogens with one attached hydrogen (secondary N) is 1. The van der Waals surface area contributed by atoms with Crippen LogP contribution in [0.25, 0.3) is 0 Å². The van der Waals surface area contributed by atoms with Gasteiger partial charge in [-0.2, -0.15) is 0 Å². The van der Waals surface area contributed by atoms with Crippen molar-refractivity contribution in [3.05, 3.63) is 29.8 Å². The summed E-state index contributed by atoms with van der Waals surface area (Å²) in [6.07, 6.45) is 0. The highest BCUT2D eigenvalue weighted by atomic mass is 32.2. The van der Waals surface area contributed by atoms with Gasteiger partial charge in [-0.1, -0.05) is 18.2 Å². The molecular weight excluding hydrogens is 310 g/mol. The SMILES string of the molecule is CC(C)NC(=O)N1CCSC12C(=O)N(C(C)C)c1ccccc12. The number of hydrogen-bond acceptors (Lipinski definition) is 3. The van der Waals surface area contributed by atoms with Crippen LogP contribution in [0.15, 0.2) is 24.3 Å². The van der Waals surface area contributed by atoms with Crippen molar-refractivity contribution in [1.29, 1.82) is 0 Å². The molecule has 1 unspecified atom stereocenters. The second-order valence-corrected chi connectivity index (χ2v) is 7.82. The number of nitrogens with zero attached hydrogens (tertiary/aromatic N) is 2. The van der Waals surface area contributed by atoms with E-state index in [4.69, 9.17) is 0 Å². The Labute approximate surface area is 141 Å². The molecule has 1 saturated heterocycles. The van der Waals surface area contributed by atoms with Crippen molar-refractivity contribution in [2.24, 2.45) is 0 Å². The minimum atomic E-state index is -0.917. The summed E-state index contributed by atoms with van der Waals surface area (Å²) in [5, 5.41) is 2.93. The van der Waals surface area contributed by atoms with Crippen LogP contribution in [0.2, 0.25) is 0 Å². The first-order chi connectivity index (χ1) is 10.9. The van der Waals surface area contributed by atoms with Crippen LogP contribution in [0.5, 0.6) is 0 Å². The summed E-state index contributed by atoms with van der Waals surface area (Å²) in [5.41, 5.74) is 1.85. The van der Waals surface area contributed by atoms with E-state index in [0.29, 0.717) is 6.54 Å². The first-order valence-corrected chi connectivity index (χ1v) is 9.03. The maximum atomic E-state index is 13.3. The monoisotopic (exact) mass is 333 g/mol. The predicted octanol–water partition coefficient (Wildman–Crippen LogP) is 2.76. The van der Waals surface area contributed by atoms with Crippen molar-refractivity contribution in [2.45, 2.75) is 44.6 Å². The molecule has 3 amide bonds. The van der Waals surface area contributed by atoms with Crippen LogP contribution in [0, 0.1) is 0 Å². The van der Waals surface area contributed by atoms with E-state index < -0.39 is 4.87 Å². The third-order valence-corrected chi connectivity index (χ3v) is 5.64. The van der Waals surface area contributed by atoms with Gasteiger partial charge in [0.05, 0.1) is 5.69 Å². The fourth-order valence-corrected chi connectivity index (χ4v) is 4.81. The summed E-state index contributed by atoms with van der Waals surface area (Å²) in [4.78, 5) is 28.6. The van der Waals surface area contributed by atoms with Crippen molar-refractivity contribution in [3.63, 3.8) is 0 Å². The number of carbonyl (C=O) groups excluding carboxylic acids is 2. The van der Waals surface area contributed by atoms with Gasteiger partial charge in [-0.3, -0.25) is 9.69 Å². The number of amides is 3. The van der Waals surface area contributed by atoms with Gasteiger partial charge in [0.2, 0.25) is 0 Å². The Morgan fingerprint density at radius 1 is 1.26 bits per heavy atom. The lowest BCUT2D eigenvalue weighted by molar-refractivity contribution is -0.123. The van der Waals surface area contributed by atoms with Gasteiger partial charge in [-0.25, -0.2) is 4.79 Å². The average Bonchev–Trinajstić information content (AvgIpc) is 3.01. The molecular formula is C17H23N3O2S. The summed E-state index contributed by atoms with van der Waals surface area (Å²) >= 11 is 1.56. The summed E-state index contributed by atoms with van der Waals surface area (Å²) in [7, 11) is 0. The molecule has 0 bridgehead atoms. The van der Waals surface area contributed by atoms with Gasteiger partial charge in [0, 0.05) is 29.9 Å². The molecule has 2 aliphatic rings. The molecule has 1 atom stereocenters. The normalized spacial score (nSPS) is 23.3. The van der Waals surface area contributed by atoms with E-state index in [9.17, 15) is 9.59 Å². The van der Waals surface area contributed by atoms with Crippen LogP contribution < -0.4 is 10.2 Å². The lowest BCUT2D eigenvalue weighted by Crippen LogP contribution is -2.55. The second-order valence-electron chi connectivity index (χ2n) is 6.53. The van der Waals surface area contributed by atoms with E-state index in [1.54, 1.807) is 16.7 Å². The standard InChI is InChI=1S/C17H23N3O2S/c1-11(2)18-16(22)19-9-10-23-17(19)13-7-5-6-8-14(13)20(12(3)4)15(17)21/h5-8,11-12H,9-10H2,1-4H3,(H,18,22). The fraction of sp³-hybridized carbons (Fsp3) is 0.529. The lowest BCUT2D eigenvalue weighted by Gasteiger charge is -2.34. The summed E-state index contributed by atoms with van der Waals surface area (Å²) in [6.45, 7) is 8.45. The number of carbonyl (C=O) groups is 2. The molecule has 23 heavy (non-hydrogen) atoms. The van der Waals surface area contributed by atoms with Gasteiger partial charge in [-0.05, 0) is 33.8 Å². The van der Waals surface area contributed by atoms with Crippen LogP contribution in [-0.2, 0) is 9.67 Å². The summed E-state index contributed by atoms with van der Waals surface area (Å²) < 4.78 is 0. The zero-order chi connectivity index (χ0) is 16.8. The third kappa shape index (κ3) is 2.31. The van der Waals surface area contributed by atoms with Gasteiger partial charge in [0.15, 0.2) is 4.87 Å². The molecule has 5 nitrogen and oxygen atoms in total. The molecule has 1 aromatic rings. The van der Waals surface area contributed by atoms with Gasteiger partial charge < -0.3 is 10.2 Å². The molecule has 0 aromatic heterocycles. The molecule has 2 heterocycles. The fourth-order valence-electron chi connectivity index (χ4n) is 3.36. The van der Waals surface area contributed by atoms with Gasteiger partial charge >= 0.3 is 6.03 Å². The highest BCUT2D eigenvalue weighted by molar-refractivity contribution is 8.01. The summed E-state index contributed by atoms with van der Waals surface area (Å²) in [5.74, 6) is 0.757. The maximum Gasteiger partial charge on any atom is 0.319 e. The van der Waals surface area contributed by atoms with Gasteiger partial charge in [0.25, 0.3) is 5.91 Å². The minimum absolute atomic E-state index is 0.00453. The number of rotatable bonds is 2. The zero-order valence-electron chi connectivity index (χ0n) is 14.0.